The Balaban J connectivity index is 3.75. The van der Waals surface area contributed by atoms with Gasteiger partial charge in [-0.3, -0.25) is 4.90 Å². The van der Waals surface area contributed by atoms with Crippen LogP contribution in [0.1, 0.15) is 6.92 Å². The summed E-state index contributed by atoms with van der Waals surface area (Å²) in [5.74, 6) is 0. The molecule has 2 nitrogen and oxygen atoms in total. The first-order valence-corrected chi connectivity index (χ1v) is 4.36. The number of hydrogen-bond donors (Lipinski definition) is 1. The molecule has 0 aliphatic heterocycles. The van der Waals surface area contributed by atoms with Crippen molar-refractivity contribution in [1.29, 1.82) is 0 Å². The second-order valence-electron chi connectivity index (χ2n) is 2.99. The zero-order valence-corrected chi connectivity index (χ0v) is 8.21. The van der Waals surface area contributed by atoms with Crippen LogP contribution < -0.4 is 5.32 Å². The van der Waals surface area contributed by atoms with Crippen LogP contribution in [-0.4, -0.2) is 37.6 Å². The third kappa shape index (κ3) is 5.10. The van der Waals surface area contributed by atoms with Gasteiger partial charge in [-0.25, -0.2) is 0 Å². The maximum Gasteiger partial charge on any atom is 0.0164 e. The molecule has 0 aromatic carbocycles. The number of hydrogen-bond acceptors (Lipinski definition) is 2. The van der Waals surface area contributed by atoms with Gasteiger partial charge < -0.3 is 5.32 Å². The van der Waals surface area contributed by atoms with E-state index in [9.17, 15) is 0 Å². The fraction of sp³-hybridized carbons (Fsp3) is 0.600. The highest BCUT2D eigenvalue weighted by molar-refractivity contribution is 4.81. The molecule has 0 bridgehead atoms. The zero-order chi connectivity index (χ0) is 9.40. The summed E-state index contributed by atoms with van der Waals surface area (Å²) in [6.45, 7) is 12.5. The Bertz CT molecular complexity index is 122. The summed E-state index contributed by atoms with van der Waals surface area (Å²) in [6.07, 6.45) is 3.84. The monoisotopic (exact) mass is 168 g/mol. The smallest absolute Gasteiger partial charge is 0.0164 e. The Morgan fingerprint density at radius 2 is 1.83 bits per heavy atom. The van der Waals surface area contributed by atoms with Crippen LogP contribution in [0.25, 0.3) is 0 Å². The van der Waals surface area contributed by atoms with Gasteiger partial charge in [-0.05, 0) is 14.0 Å². The fourth-order valence-electron chi connectivity index (χ4n) is 1.07. The minimum atomic E-state index is 0.518. The Morgan fingerprint density at radius 3 is 2.17 bits per heavy atom. The summed E-state index contributed by atoms with van der Waals surface area (Å²) >= 11 is 0. The number of nitrogens with zero attached hydrogens (tertiary/aromatic N) is 1. The van der Waals surface area contributed by atoms with E-state index in [0.29, 0.717) is 6.04 Å². The van der Waals surface area contributed by atoms with Gasteiger partial charge in [0.1, 0.15) is 0 Å². The molecule has 1 unspecified atom stereocenters. The van der Waals surface area contributed by atoms with Gasteiger partial charge in [0.2, 0.25) is 0 Å². The van der Waals surface area contributed by atoms with Crippen molar-refractivity contribution < 1.29 is 0 Å². The van der Waals surface area contributed by atoms with Gasteiger partial charge in [0, 0.05) is 25.7 Å². The molecule has 2 heteroatoms. The van der Waals surface area contributed by atoms with Gasteiger partial charge in [-0.1, -0.05) is 12.2 Å². The first-order valence-electron chi connectivity index (χ1n) is 4.36. The van der Waals surface area contributed by atoms with Gasteiger partial charge in [-0.15, -0.1) is 13.2 Å². The molecule has 1 atom stereocenters. The summed E-state index contributed by atoms with van der Waals surface area (Å²) in [5.41, 5.74) is 0. The van der Waals surface area contributed by atoms with Crippen LogP contribution in [0, 0.1) is 0 Å². The molecule has 0 aliphatic carbocycles. The molecule has 0 saturated heterocycles. The van der Waals surface area contributed by atoms with Crippen LogP contribution in [0.3, 0.4) is 0 Å². The van der Waals surface area contributed by atoms with Crippen molar-refractivity contribution in [3.8, 4) is 0 Å². The zero-order valence-electron chi connectivity index (χ0n) is 8.21. The highest BCUT2D eigenvalue weighted by atomic mass is 15.1. The van der Waals surface area contributed by atoms with E-state index in [0.717, 1.165) is 19.6 Å². The quantitative estimate of drug-likeness (QED) is 0.576. The van der Waals surface area contributed by atoms with Crippen molar-refractivity contribution in [2.75, 3.05) is 26.7 Å². The summed E-state index contributed by atoms with van der Waals surface area (Å²) in [5, 5.41) is 3.20. The van der Waals surface area contributed by atoms with E-state index in [-0.39, 0.29) is 0 Å². The normalized spacial score (nSPS) is 12.9. The minimum Gasteiger partial charge on any atom is -0.316 e. The van der Waals surface area contributed by atoms with Crippen LogP contribution >= 0.6 is 0 Å². The first kappa shape index (κ1) is 11.4. The molecule has 0 radical (unpaired) electrons. The van der Waals surface area contributed by atoms with E-state index < -0.39 is 0 Å². The van der Waals surface area contributed by atoms with Crippen molar-refractivity contribution in [2.24, 2.45) is 0 Å². The van der Waals surface area contributed by atoms with Crippen LogP contribution in [0.15, 0.2) is 25.3 Å². The maximum atomic E-state index is 3.72. The van der Waals surface area contributed by atoms with Gasteiger partial charge in [-0.2, -0.15) is 0 Å². The van der Waals surface area contributed by atoms with E-state index in [1.807, 2.05) is 19.2 Å². The van der Waals surface area contributed by atoms with Crippen LogP contribution in [0.2, 0.25) is 0 Å². The highest BCUT2D eigenvalue weighted by Gasteiger charge is 2.04. The average Bonchev–Trinajstić information content (AvgIpc) is 2.05. The molecule has 0 aromatic rings. The van der Waals surface area contributed by atoms with E-state index in [2.05, 4.69) is 30.3 Å². The topological polar surface area (TPSA) is 15.3 Å². The van der Waals surface area contributed by atoms with Gasteiger partial charge in [0.25, 0.3) is 0 Å². The van der Waals surface area contributed by atoms with E-state index in [1.54, 1.807) is 0 Å². The molecule has 0 aromatic heterocycles. The lowest BCUT2D eigenvalue weighted by molar-refractivity contribution is 0.302. The van der Waals surface area contributed by atoms with E-state index in [4.69, 9.17) is 0 Å². The Morgan fingerprint density at radius 1 is 1.33 bits per heavy atom. The third-order valence-electron chi connectivity index (χ3n) is 1.80. The molecule has 0 fully saturated rings. The summed E-state index contributed by atoms with van der Waals surface area (Å²) < 4.78 is 0. The molecule has 1 N–H and O–H groups in total. The maximum absolute atomic E-state index is 3.72. The van der Waals surface area contributed by atoms with Crippen molar-refractivity contribution in [2.45, 2.75) is 13.0 Å². The highest BCUT2D eigenvalue weighted by Crippen LogP contribution is 1.92. The average molecular weight is 168 g/mol. The Hall–Kier alpha value is -0.600. The SMILES string of the molecule is C=CCN(CC=C)CC(C)NC. The summed E-state index contributed by atoms with van der Waals surface area (Å²) in [4.78, 5) is 2.29. The molecule has 0 aliphatic rings. The molecule has 70 valence electrons. The Labute approximate surface area is 76.0 Å². The van der Waals surface area contributed by atoms with E-state index >= 15 is 0 Å². The second-order valence-corrected chi connectivity index (χ2v) is 2.99. The van der Waals surface area contributed by atoms with Crippen molar-refractivity contribution in [3.63, 3.8) is 0 Å². The largest absolute Gasteiger partial charge is 0.316 e. The van der Waals surface area contributed by atoms with Gasteiger partial charge >= 0.3 is 0 Å². The molecule has 12 heavy (non-hydrogen) atoms. The molecule has 0 saturated carbocycles. The molecular weight excluding hydrogens is 148 g/mol. The first-order chi connectivity index (χ1) is 5.74. The number of nitrogens with one attached hydrogen (secondary N) is 1. The van der Waals surface area contributed by atoms with Crippen molar-refractivity contribution >= 4 is 0 Å². The van der Waals surface area contributed by atoms with E-state index in [1.165, 1.54) is 0 Å². The molecular formula is C10H20N2. The summed E-state index contributed by atoms with van der Waals surface area (Å²) in [6, 6.07) is 0.518. The van der Waals surface area contributed by atoms with Gasteiger partial charge in [0.05, 0.1) is 0 Å². The molecule has 0 rings (SSSR count). The third-order valence-corrected chi connectivity index (χ3v) is 1.80. The predicted molar refractivity (Wildman–Crippen MR) is 55.4 cm³/mol. The Kier molecular flexibility index (Phi) is 6.72. The molecule has 0 amide bonds. The molecule has 0 heterocycles. The lowest BCUT2D eigenvalue weighted by Gasteiger charge is -2.22. The second kappa shape index (κ2) is 7.07. The predicted octanol–water partition coefficient (Wildman–Crippen LogP) is 1.27. The lowest BCUT2D eigenvalue weighted by Crippen LogP contribution is -2.37. The minimum absolute atomic E-state index is 0.518. The molecule has 0 spiro atoms. The van der Waals surface area contributed by atoms with Crippen molar-refractivity contribution in [3.05, 3.63) is 25.3 Å². The van der Waals surface area contributed by atoms with Crippen LogP contribution in [0.4, 0.5) is 0 Å². The van der Waals surface area contributed by atoms with Crippen LogP contribution in [-0.2, 0) is 0 Å². The fourth-order valence-corrected chi connectivity index (χ4v) is 1.07. The summed E-state index contributed by atoms with van der Waals surface area (Å²) in [7, 11) is 1.98. The van der Waals surface area contributed by atoms with Gasteiger partial charge in [0.15, 0.2) is 0 Å². The number of likely N-dealkylation sites (N-methyl/N-ethyl adjacent to an activating group) is 1. The van der Waals surface area contributed by atoms with Crippen molar-refractivity contribution in [1.82, 2.24) is 10.2 Å². The number of rotatable bonds is 7. The lowest BCUT2D eigenvalue weighted by atomic mass is 10.3. The van der Waals surface area contributed by atoms with Crippen LogP contribution in [0.5, 0.6) is 0 Å². The standard InChI is InChI=1S/C10H20N2/c1-5-7-12(8-6-2)9-10(3)11-4/h5-6,10-11H,1-2,7-9H2,3-4H3.